The minimum Gasteiger partial charge on any atom is -0.496 e. The predicted octanol–water partition coefficient (Wildman–Crippen LogP) is 6.04. The number of ether oxygens (including phenoxy) is 1. The lowest BCUT2D eigenvalue weighted by Crippen LogP contribution is -2.31. The van der Waals surface area contributed by atoms with Crippen LogP contribution < -0.4 is 9.64 Å². The second kappa shape index (κ2) is 8.86. The molecule has 0 unspecified atom stereocenters. The quantitative estimate of drug-likeness (QED) is 0.370. The van der Waals surface area contributed by atoms with Crippen LogP contribution in [0.4, 0.5) is 5.13 Å². The Hall–Kier alpha value is -2.89. The van der Waals surface area contributed by atoms with Gasteiger partial charge >= 0.3 is 0 Å². The highest BCUT2D eigenvalue weighted by Crippen LogP contribution is 2.32. The molecule has 1 amide bonds. The number of methoxy groups -OCH3 is 1. The molecular formula is C24H21ClN2O2S. The first-order chi connectivity index (χ1) is 14.5. The van der Waals surface area contributed by atoms with Gasteiger partial charge in [0.25, 0.3) is 0 Å². The van der Waals surface area contributed by atoms with Crippen molar-refractivity contribution in [1.82, 2.24) is 4.98 Å². The largest absolute Gasteiger partial charge is 0.496 e. The summed E-state index contributed by atoms with van der Waals surface area (Å²) in [4.78, 5) is 19.8. The number of halogens is 1. The molecule has 4 nitrogen and oxygen atoms in total. The Labute approximate surface area is 184 Å². The van der Waals surface area contributed by atoms with Crippen molar-refractivity contribution in [1.29, 1.82) is 0 Å². The molecule has 0 N–H and O–H groups in total. The highest BCUT2D eigenvalue weighted by atomic mass is 35.5. The fourth-order valence-electron chi connectivity index (χ4n) is 3.35. The molecule has 0 saturated heterocycles. The van der Waals surface area contributed by atoms with Crippen molar-refractivity contribution in [2.24, 2.45) is 0 Å². The van der Waals surface area contributed by atoms with Gasteiger partial charge in [-0.2, -0.15) is 0 Å². The molecule has 0 spiro atoms. The van der Waals surface area contributed by atoms with E-state index >= 15 is 0 Å². The first-order valence-electron chi connectivity index (χ1n) is 9.57. The van der Waals surface area contributed by atoms with Crippen LogP contribution in [-0.4, -0.2) is 18.0 Å². The van der Waals surface area contributed by atoms with Crippen LogP contribution in [0, 0.1) is 6.92 Å². The number of aromatic nitrogens is 1. The molecule has 30 heavy (non-hydrogen) atoms. The number of hydrogen-bond donors (Lipinski definition) is 0. The van der Waals surface area contributed by atoms with Gasteiger partial charge in [0.15, 0.2) is 5.13 Å². The molecule has 0 atom stereocenters. The molecule has 0 saturated carbocycles. The average Bonchev–Trinajstić information content (AvgIpc) is 3.15. The monoisotopic (exact) mass is 436 g/mol. The van der Waals surface area contributed by atoms with Gasteiger partial charge in [-0.15, -0.1) is 0 Å². The number of anilines is 1. The molecule has 0 bridgehead atoms. The Morgan fingerprint density at radius 3 is 2.60 bits per heavy atom. The fraction of sp³-hybridized carbons (Fsp3) is 0.167. The van der Waals surface area contributed by atoms with Crippen LogP contribution in [0.5, 0.6) is 5.75 Å². The van der Waals surface area contributed by atoms with Gasteiger partial charge in [-0.05, 0) is 47.9 Å². The van der Waals surface area contributed by atoms with E-state index in [4.69, 9.17) is 21.3 Å². The van der Waals surface area contributed by atoms with Crippen LogP contribution in [0.3, 0.4) is 0 Å². The van der Waals surface area contributed by atoms with E-state index in [0.717, 1.165) is 32.7 Å². The second-order valence-electron chi connectivity index (χ2n) is 7.05. The fourth-order valence-corrected chi connectivity index (χ4v) is 4.61. The van der Waals surface area contributed by atoms with Crippen molar-refractivity contribution in [3.05, 3.63) is 88.4 Å². The Morgan fingerprint density at radius 1 is 1.07 bits per heavy atom. The maximum Gasteiger partial charge on any atom is 0.233 e. The number of fused-ring (bicyclic) bond motifs is 1. The smallest absolute Gasteiger partial charge is 0.233 e. The highest BCUT2D eigenvalue weighted by molar-refractivity contribution is 7.22. The number of nitrogens with zero attached hydrogens (tertiary/aromatic N) is 2. The first-order valence-corrected chi connectivity index (χ1v) is 10.8. The minimum absolute atomic E-state index is 0.00595. The summed E-state index contributed by atoms with van der Waals surface area (Å²) in [6.07, 6.45) is 0.286. The lowest BCUT2D eigenvalue weighted by molar-refractivity contribution is -0.118. The number of amides is 1. The number of thiazole rings is 1. The highest BCUT2D eigenvalue weighted by Gasteiger charge is 2.21. The topological polar surface area (TPSA) is 42.4 Å². The summed E-state index contributed by atoms with van der Waals surface area (Å²) < 4.78 is 6.29. The second-order valence-corrected chi connectivity index (χ2v) is 8.50. The van der Waals surface area contributed by atoms with E-state index in [2.05, 4.69) is 0 Å². The zero-order valence-corrected chi connectivity index (χ0v) is 18.3. The molecule has 152 valence electrons. The Balaban J connectivity index is 1.66. The average molecular weight is 437 g/mol. The van der Waals surface area contributed by atoms with Crippen molar-refractivity contribution in [3.63, 3.8) is 0 Å². The van der Waals surface area contributed by atoms with E-state index < -0.39 is 0 Å². The summed E-state index contributed by atoms with van der Waals surface area (Å²) in [5.74, 6) is 0.809. The Kier molecular flexibility index (Phi) is 6.02. The van der Waals surface area contributed by atoms with Crippen LogP contribution in [-0.2, 0) is 17.8 Å². The molecule has 6 heteroatoms. The van der Waals surface area contributed by atoms with Crippen LogP contribution in [0.25, 0.3) is 10.2 Å². The number of carbonyl (C=O) groups is 1. The molecule has 0 aliphatic rings. The molecule has 3 aromatic carbocycles. The summed E-state index contributed by atoms with van der Waals surface area (Å²) in [5.41, 5.74) is 3.84. The van der Waals surface area contributed by atoms with Crippen molar-refractivity contribution < 1.29 is 9.53 Å². The third-order valence-electron chi connectivity index (χ3n) is 4.87. The molecule has 0 radical (unpaired) electrons. The van der Waals surface area contributed by atoms with Gasteiger partial charge in [-0.1, -0.05) is 65.4 Å². The first kappa shape index (κ1) is 20.4. The molecule has 1 heterocycles. The molecular weight excluding hydrogens is 416 g/mol. The molecule has 0 aliphatic heterocycles. The third kappa shape index (κ3) is 4.48. The van der Waals surface area contributed by atoms with Gasteiger partial charge in [0, 0.05) is 5.02 Å². The van der Waals surface area contributed by atoms with E-state index in [1.165, 1.54) is 11.3 Å². The number of aryl methyl sites for hydroxylation is 1. The number of benzene rings is 3. The van der Waals surface area contributed by atoms with Gasteiger partial charge in [-0.3, -0.25) is 9.69 Å². The van der Waals surface area contributed by atoms with E-state index in [-0.39, 0.29) is 12.3 Å². The van der Waals surface area contributed by atoms with Crippen molar-refractivity contribution >= 4 is 44.2 Å². The predicted molar refractivity (Wildman–Crippen MR) is 124 cm³/mol. The number of rotatable bonds is 6. The molecule has 4 rings (SSSR count). The van der Waals surface area contributed by atoms with Gasteiger partial charge in [0.1, 0.15) is 5.75 Å². The number of carbonyl (C=O) groups excluding carboxylic acids is 1. The molecule has 0 fully saturated rings. The summed E-state index contributed by atoms with van der Waals surface area (Å²) >= 11 is 7.61. The van der Waals surface area contributed by atoms with Crippen LogP contribution in [0.1, 0.15) is 16.7 Å². The van der Waals surface area contributed by atoms with Crippen LogP contribution >= 0.6 is 22.9 Å². The van der Waals surface area contributed by atoms with Gasteiger partial charge < -0.3 is 4.74 Å². The molecule has 1 aromatic heterocycles. The van der Waals surface area contributed by atoms with Crippen molar-refractivity contribution in [2.45, 2.75) is 19.9 Å². The minimum atomic E-state index is -0.00595. The Bertz CT molecular complexity index is 1190. The maximum absolute atomic E-state index is 13.4. The van der Waals surface area contributed by atoms with E-state index in [0.29, 0.717) is 16.7 Å². The maximum atomic E-state index is 13.4. The molecule has 4 aromatic rings. The van der Waals surface area contributed by atoms with Gasteiger partial charge in [-0.25, -0.2) is 4.98 Å². The van der Waals surface area contributed by atoms with Crippen molar-refractivity contribution in [3.8, 4) is 5.75 Å². The standard InChI is InChI=1S/C24H21ClN2O2S/c1-16-12-18(8-11-21(16)29-2)13-23(28)27(15-17-6-4-3-5-7-17)24-26-20-10-9-19(25)14-22(20)30-24/h3-12,14H,13,15H2,1-2H3. The summed E-state index contributed by atoms with van der Waals surface area (Å²) in [5, 5.41) is 1.33. The van der Waals surface area contributed by atoms with E-state index in [1.807, 2.05) is 73.7 Å². The SMILES string of the molecule is COc1ccc(CC(=O)N(Cc2ccccc2)c2nc3ccc(Cl)cc3s2)cc1C. The van der Waals surface area contributed by atoms with Gasteiger partial charge in [0.2, 0.25) is 5.91 Å². The third-order valence-corrected chi connectivity index (χ3v) is 6.15. The Morgan fingerprint density at radius 2 is 1.87 bits per heavy atom. The summed E-state index contributed by atoms with van der Waals surface area (Å²) in [6, 6.07) is 21.4. The summed E-state index contributed by atoms with van der Waals surface area (Å²) in [7, 11) is 1.65. The summed E-state index contributed by atoms with van der Waals surface area (Å²) in [6.45, 7) is 2.44. The van der Waals surface area contributed by atoms with Crippen LogP contribution in [0.2, 0.25) is 5.02 Å². The zero-order valence-electron chi connectivity index (χ0n) is 16.8. The van der Waals surface area contributed by atoms with Crippen molar-refractivity contribution in [2.75, 3.05) is 12.0 Å². The van der Waals surface area contributed by atoms with E-state index in [1.54, 1.807) is 12.0 Å². The lowest BCUT2D eigenvalue weighted by atomic mass is 10.1. The molecule has 0 aliphatic carbocycles. The zero-order chi connectivity index (χ0) is 21.1. The van der Waals surface area contributed by atoms with Gasteiger partial charge in [0.05, 0.1) is 30.3 Å². The lowest BCUT2D eigenvalue weighted by Gasteiger charge is -2.20. The number of hydrogen-bond acceptors (Lipinski definition) is 4. The van der Waals surface area contributed by atoms with Crippen LogP contribution in [0.15, 0.2) is 66.7 Å². The van der Waals surface area contributed by atoms with E-state index in [9.17, 15) is 4.79 Å². The normalized spacial score (nSPS) is 10.9.